The first-order valence-electron chi connectivity index (χ1n) is 4.51. The lowest BCUT2D eigenvalue weighted by atomic mass is 10.2. The van der Waals surface area contributed by atoms with Crippen molar-refractivity contribution in [3.8, 4) is 0 Å². The molecule has 1 aromatic heterocycles. The van der Waals surface area contributed by atoms with E-state index in [0.717, 1.165) is 36.2 Å². The summed E-state index contributed by atoms with van der Waals surface area (Å²) in [5.41, 5.74) is 0.975. The Morgan fingerprint density at radius 2 is 2.50 bits per heavy atom. The minimum Gasteiger partial charge on any atom is -0.376 e. The first kappa shape index (κ1) is 9.86. The van der Waals surface area contributed by atoms with Crippen molar-refractivity contribution in [2.45, 2.75) is 26.0 Å². The number of rotatable bonds is 3. The van der Waals surface area contributed by atoms with Crippen molar-refractivity contribution in [1.29, 1.82) is 0 Å². The highest BCUT2D eigenvalue weighted by molar-refractivity contribution is 9.10. The molecule has 0 aromatic carbocycles. The molecule has 14 heavy (non-hydrogen) atoms. The van der Waals surface area contributed by atoms with Crippen molar-refractivity contribution in [3.63, 3.8) is 0 Å². The zero-order valence-corrected chi connectivity index (χ0v) is 9.45. The molecular weight excluding hydrogens is 248 g/mol. The summed E-state index contributed by atoms with van der Waals surface area (Å²) >= 11 is 3.31. The highest BCUT2D eigenvalue weighted by atomic mass is 79.9. The van der Waals surface area contributed by atoms with Crippen molar-refractivity contribution in [3.05, 3.63) is 16.1 Å². The van der Waals surface area contributed by atoms with E-state index in [1.807, 2.05) is 11.5 Å². The summed E-state index contributed by atoms with van der Waals surface area (Å²) in [5, 5.41) is 0. The van der Waals surface area contributed by atoms with Gasteiger partial charge in [-0.3, -0.25) is 4.79 Å². The minimum atomic E-state index is 0.244. The van der Waals surface area contributed by atoms with Gasteiger partial charge in [0.1, 0.15) is 4.60 Å². The predicted octanol–water partition coefficient (Wildman–Crippen LogP) is 1.56. The monoisotopic (exact) mass is 258 g/mol. The highest BCUT2D eigenvalue weighted by Crippen LogP contribution is 2.20. The van der Waals surface area contributed by atoms with Gasteiger partial charge in [0, 0.05) is 12.3 Å². The second-order valence-electron chi connectivity index (χ2n) is 3.36. The van der Waals surface area contributed by atoms with Gasteiger partial charge in [-0.05, 0) is 29.3 Å². The Balaban J connectivity index is 2.24. The van der Waals surface area contributed by atoms with E-state index in [4.69, 9.17) is 4.74 Å². The standard InChI is InChI=1S/C9H11BrN2O2/c1-6-9(10)11-8(5-13)12(6)4-7-2-3-14-7/h5,7H,2-4H2,1H3/t7-/m0/s1. The quantitative estimate of drug-likeness (QED) is 0.773. The van der Waals surface area contributed by atoms with Crippen LogP contribution >= 0.6 is 15.9 Å². The lowest BCUT2D eigenvalue weighted by Crippen LogP contribution is -2.32. The van der Waals surface area contributed by atoms with Crippen LogP contribution in [0.2, 0.25) is 0 Å². The Hall–Kier alpha value is -0.680. The fraction of sp³-hybridized carbons (Fsp3) is 0.556. The lowest BCUT2D eigenvalue weighted by Gasteiger charge is -2.27. The summed E-state index contributed by atoms with van der Waals surface area (Å²) in [4.78, 5) is 14.8. The van der Waals surface area contributed by atoms with Crippen LogP contribution in [-0.4, -0.2) is 28.5 Å². The van der Waals surface area contributed by atoms with E-state index in [1.165, 1.54) is 0 Å². The average Bonchev–Trinajstić information content (AvgIpc) is 2.37. The molecule has 0 amide bonds. The Labute approximate surface area is 90.4 Å². The molecule has 1 saturated heterocycles. The molecule has 0 radical (unpaired) electrons. The fourth-order valence-electron chi connectivity index (χ4n) is 1.48. The van der Waals surface area contributed by atoms with Crippen molar-refractivity contribution < 1.29 is 9.53 Å². The van der Waals surface area contributed by atoms with Crippen LogP contribution in [0, 0.1) is 6.92 Å². The number of aldehydes is 1. The van der Waals surface area contributed by atoms with Crippen molar-refractivity contribution in [2.75, 3.05) is 6.61 Å². The lowest BCUT2D eigenvalue weighted by molar-refractivity contribution is -0.0596. The molecule has 2 rings (SSSR count). The van der Waals surface area contributed by atoms with Gasteiger partial charge in [0.25, 0.3) is 0 Å². The first-order chi connectivity index (χ1) is 6.72. The zero-order chi connectivity index (χ0) is 10.1. The summed E-state index contributed by atoms with van der Waals surface area (Å²) < 4.78 is 7.94. The van der Waals surface area contributed by atoms with Crippen molar-refractivity contribution in [1.82, 2.24) is 9.55 Å². The number of nitrogens with zero attached hydrogens (tertiary/aromatic N) is 2. The summed E-state index contributed by atoms with van der Waals surface area (Å²) in [5.74, 6) is 0.463. The molecule has 0 saturated carbocycles. The number of aromatic nitrogens is 2. The van der Waals surface area contributed by atoms with Gasteiger partial charge in [0.15, 0.2) is 12.1 Å². The molecule has 2 heterocycles. The van der Waals surface area contributed by atoms with E-state index in [9.17, 15) is 4.79 Å². The Morgan fingerprint density at radius 1 is 1.79 bits per heavy atom. The molecule has 0 N–H and O–H groups in total. The first-order valence-corrected chi connectivity index (χ1v) is 5.31. The third-order valence-corrected chi connectivity index (χ3v) is 3.23. The molecule has 5 heteroatoms. The van der Waals surface area contributed by atoms with Gasteiger partial charge in [-0.15, -0.1) is 0 Å². The van der Waals surface area contributed by atoms with E-state index in [0.29, 0.717) is 5.82 Å². The van der Waals surface area contributed by atoms with Gasteiger partial charge in [-0.25, -0.2) is 4.98 Å². The van der Waals surface area contributed by atoms with Crippen LogP contribution < -0.4 is 0 Å². The molecule has 0 unspecified atom stereocenters. The molecule has 76 valence electrons. The molecule has 1 atom stereocenters. The Bertz CT molecular complexity index is 358. The van der Waals surface area contributed by atoms with Crippen LogP contribution in [0.3, 0.4) is 0 Å². The van der Waals surface area contributed by atoms with Crippen LogP contribution in [0.4, 0.5) is 0 Å². The highest BCUT2D eigenvalue weighted by Gasteiger charge is 2.21. The number of carbonyl (C=O) groups is 1. The minimum absolute atomic E-state index is 0.244. The van der Waals surface area contributed by atoms with Crippen LogP contribution in [-0.2, 0) is 11.3 Å². The number of halogens is 1. The molecule has 1 aliphatic heterocycles. The number of carbonyl (C=O) groups excluding carboxylic acids is 1. The van der Waals surface area contributed by atoms with Gasteiger partial charge >= 0.3 is 0 Å². The molecule has 0 aliphatic carbocycles. The van der Waals surface area contributed by atoms with E-state index < -0.39 is 0 Å². The smallest absolute Gasteiger partial charge is 0.185 e. The van der Waals surface area contributed by atoms with E-state index in [2.05, 4.69) is 20.9 Å². The van der Waals surface area contributed by atoms with Crippen LogP contribution in [0.1, 0.15) is 22.7 Å². The van der Waals surface area contributed by atoms with Gasteiger partial charge < -0.3 is 9.30 Å². The molecule has 4 nitrogen and oxygen atoms in total. The normalized spacial score (nSPS) is 20.6. The summed E-state index contributed by atoms with van der Waals surface area (Å²) in [6.45, 7) is 3.48. The predicted molar refractivity (Wildman–Crippen MR) is 54.4 cm³/mol. The SMILES string of the molecule is Cc1c(Br)nc(C=O)n1C[C@@H]1CCO1. The molecular formula is C9H11BrN2O2. The maximum Gasteiger partial charge on any atom is 0.185 e. The largest absolute Gasteiger partial charge is 0.376 e. The second kappa shape index (κ2) is 3.82. The summed E-state index contributed by atoms with van der Waals surface area (Å²) in [6.07, 6.45) is 2.08. The van der Waals surface area contributed by atoms with Crippen LogP contribution in [0.25, 0.3) is 0 Å². The van der Waals surface area contributed by atoms with Crippen molar-refractivity contribution >= 4 is 22.2 Å². The van der Waals surface area contributed by atoms with Gasteiger partial charge in [-0.2, -0.15) is 0 Å². The molecule has 0 spiro atoms. The number of ether oxygens (including phenoxy) is 1. The van der Waals surface area contributed by atoms with E-state index >= 15 is 0 Å². The van der Waals surface area contributed by atoms with Crippen LogP contribution in [0.5, 0.6) is 0 Å². The van der Waals surface area contributed by atoms with Crippen molar-refractivity contribution in [2.24, 2.45) is 0 Å². The zero-order valence-electron chi connectivity index (χ0n) is 7.86. The van der Waals surface area contributed by atoms with Gasteiger partial charge in [0.2, 0.25) is 0 Å². The number of hydrogen-bond donors (Lipinski definition) is 0. The Morgan fingerprint density at radius 3 is 3.00 bits per heavy atom. The van der Waals surface area contributed by atoms with E-state index in [-0.39, 0.29) is 6.10 Å². The third-order valence-electron chi connectivity index (χ3n) is 2.48. The summed E-state index contributed by atoms with van der Waals surface area (Å²) in [6, 6.07) is 0. The number of imidazole rings is 1. The van der Waals surface area contributed by atoms with Crippen LogP contribution in [0.15, 0.2) is 4.60 Å². The topological polar surface area (TPSA) is 44.1 Å². The third kappa shape index (κ3) is 1.62. The molecule has 1 aromatic rings. The molecule has 1 aliphatic rings. The second-order valence-corrected chi connectivity index (χ2v) is 4.11. The maximum absolute atomic E-state index is 10.7. The van der Waals surface area contributed by atoms with Gasteiger partial charge in [-0.1, -0.05) is 0 Å². The fourth-order valence-corrected chi connectivity index (χ4v) is 1.87. The average molecular weight is 259 g/mol. The summed E-state index contributed by atoms with van der Waals surface area (Å²) in [7, 11) is 0. The molecule has 1 fully saturated rings. The Kier molecular flexibility index (Phi) is 2.69. The van der Waals surface area contributed by atoms with E-state index in [1.54, 1.807) is 0 Å². The molecule has 0 bridgehead atoms. The van der Waals surface area contributed by atoms with Gasteiger partial charge in [0.05, 0.1) is 12.6 Å². The maximum atomic E-state index is 10.7. The number of hydrogen-bond acceptors (Lipinski definition) is 3.